The summed E-state index contributed by atoms with van der Waals surface area (Å²) in [5.41, 5.74) is 2.80. The van der Waals surface area contributed by atoms with E-state index in [1.165, 1.54) is 12.3 Å². The number of nitrogens with one attached hydrogen (secondary N) is 2. The van der Waals surface area contributed by atoms with Crippen LogP contribution in [0.2, 0.25) is 0 Å². The highest BCUT2D eigenvalue weighted by Gasteiger charge is 2.28. The van der Waals surface area contributed by atoms with Gasteiger partial charge in [0.2, 0.25) is 5.91 Å². The number of anilines is 2. The molecule has 1 aliphatic carbocycles. The lowest BCUT2D eigenvalue weighted by Crippen LogP contribution is -2.22. The topological polar surface area (TPSA) is 104 Å². The molecule has 3 N–H and O–H groups in total. The molecule has 7 heteroatoms. The first kappa shape index (κ1) is 19.7. The quantitative estimate of drug-likeness (QED) is 0.606. The van der Waals surface area contributed by atoms with E-state index >= 15 is 0 Å². The van der Waals surface area contributed by atoms with Crippen molar-refractivity contribution in [2.75, 3.05) is 10.6 Å². The third-order valence-electron chi connectivity index (χ3n) is 5.20. The van der Waals surface area contributed by atoms with E-state index in [4.69, 9.17) is 0 Å². The van der Waals surface area contributed by atoms with E-state index < -0.39 is 6.10 Å². The van der Waals surface area contributed by atoms with Crippen molar-refractivity contribution in [3.05, 3.63) is 72.7 Å². The van der Waals surface area contributed by atoms with Crippen molar-refractivity contribution in [2.45, 2.75) is 25.4 Å². The number of nitrogens with zero attached hydrogens (tertiary/aromatic N) is 2. The maximum atomic E-state index is 12.8. The molecule has 7 nitrogen and oxygen atoms in total. The van der Waals surface area contributed by atoms with Crippen LogP contribution in [0.5, 0.6) is 0 Å². The minimum absolute atomic E-state index is 0.185. The van der Waals surface area contributed by atoms with Crippen molar-refractivity contribution >= 4 is 23.3 Å². The van der Waals surface area contributed by atoms with E-state index in [9.17, 15) is 14.7 Å². The van der Waals surface area contributed by atoms with Gasteiger partial charge >= 0.3 is 0 Å². The monoisotopic (exact) mass is 402 g/mol. The van der Waals surface area contributed by atoms with Crippen LogP contribution in [0.15, 0.2) is 67.1 Å². The van der Waals surface area contributed by atoms with Crippen LogP contribution in [0.1, 0.15) is 29.6 Å². The van der Waals surface area contributed by atoms with Gasteiger partial charge in [0, 0.05) is 29.4 Å². The van der Waals surface area contributed by atoms with Crippen LogP contribution < -0.4 is 10.6 Å². The first-order chi connectivity index (χ1) is 14.6. The van der Waals surface area contributed by atoms with Gasteiger partial charge in [0.15, 0.2) is 0 Å². The van der Waals surface area contributed by atoms with Gasteiger partial charge in [-0.05, 0) is 43.0 Å². The van der Waals surface area contributed by atoms with Gasteiger partial charge in [0.05, 0.1) is 18.0 Å². The zero-order chi connectivity index (χ0) is 20.9. The van der Waals surface area contributed by atoms with Crippen LogP contribution in [-0.4, -0.2) is 33.0 Å². The summed E-state index contributed by atoms with van der Waals surface area (Å²) >= 11 is 0. The zero-order valence-corrected chi connectivity index (χ0v) is 16.3. The number of hydrogen-bond donors (Lipinski definition) is 3. The molecule has 0 unspecified atom stereocenters. The van der Waals surface area contributed by atoms with Gasteiger partial charge in [-0.3, -0.25) is 14.6 Å². The Hall–Kier alpha value is -3.58. The first-order valence-electron chi connectivity index (χ1n) is 9.86. The molecule has 4 rings (SSSR count). The number of carbonyl (C=O) groups is 2. The number of amides is 2. The highest BCUT2D eigenvalue weighted by Crippen LogP contribution is 2.28. The summed E-state index contributed by atoms with van der Waals surface area (Å²) < 4.78 is 0. The molecule has 1 saturated carbocycles. The summed E-state index contributed by atoms with van der Waals surface area (Å²) in [6.45, 7) is 0. The number of benzene rings is 1. The van der Waals surface area contributed by atoms with Crippen molar-refractivity contribution < 1.29 is 14.7 Å². The molecule has 0 bridgehead atoms. The fourth-order valence-corrected chi connectivity index (χ4v) is 3.62. The lowest BCUT2D eigenvalue weighted by Gasteiger charge is -2.12. The largest absolute Gasteiger partial charge is 0.393 e. The molecule has 3 aromatic rings. The molecule has 30 heavy (non-hydrogen) atoms. The summed E-state index contributed by atoms with van der Waals surface area (Å²) in [6.07, 6.45) is 6.07. The van der Waals surface area contributed by atoms with Crippen molar-refractivity contribution in [3.8, 4) is 11.1 Å². The van der Waals surface area contributed by atoms with Gasteiger partial charge in [0.25, 0.3) is 5.91 Å². The second-order valence-electron chi connectivity index (χ2n) is 7.32. The minimum atomic E-state index is -0.427. The smallest absolute Gasteiger partial charge is 0.255 e. The Morgan fingerprint density at radius 3 is 2.60 bits per heavy atom. The summed E-state index contributed by atoms with van der Waals surface area (Å²) in [5.74, 6) is -0.434. The van der Waals surface area contributed by atoms with Gasteiger partial charge < -0.3 is 15.7 Å². The van der Waals surface area contributed by atoms with Crippen molar-refractivity contribution in [1.82, 2.24) is 9.97 Å². The molecule has 0 saturated heterocycles. The number of aliphatic hydroxyl groups is 1. The van der Waals surface area contributed by atoms with Crippen LogP contribution in [-0.2, 0) is 4.79 Å². The average molecular weight is 402 g/mol. The fraction of sp³-hybridized carbons (Fsp3) is 0.217. The predicted octanol–water partition coefficient (Wildman–Crippen LogP) is 3.50. The number of aromatic nitrogens is 2. The van der Waals surface area contributed by atoms with E-state index in [1.54, 1.807) is 18.5 Å². The molecule has 1 aliphatic rings. The summed E-state index contributed by atoms with van der Waals surface area (Å²) in [5, 5.41) is 15.3. The maximum absolute atomic E-state index is 12.8. The lowest BCUT2D eigenvalue weighted by molar-refractivity contribution is -0.119. The SMILES string of the molecule is O=C(Nc1cnccc1-c1ccccc1)c1ccnc(NC(=O)[C@@H]2CC[C@@H](O)C2)c1. The van der Waals surface area contributed by atoms with E-state index in [1.807, 2.05) is 36.4 Å². The van der Waals surface area contributed by atoms with Gasteiger partial charge in [-0.25, -0.2) is 4.98 Å². The van der Waals surface area contributed by atoms with E-state index in [-0.39, 0.29) is 17.7 Å². The van der Waals surface area contributed by atoms with Gasteiger partial charge in [-0.15, -0.1) is 0 Å². The molecule has 2 aromatic heterocycles. The minimum Gasteiger partial charge on any atom is -0.393 e. The van der Waals surface area contributed by atoms with E-state index in [0.717, 1.165) is 11.1 Å². The Bertz CT molecular complexity index is 1060. The molecule has 2 heterocycles. The molecular weight excluding hydrogens is 380 g/mol. The predicted molar refractivity (Wildman–Crippen MR) is 114 cm³/mol. The number of hydrogen-bond acceptors (Lipinski definition) is 5. The molecule has 2 atom stereocenters. The Morgan fingerprint density at radius 1 is 1.00 bits per heavy atom. The Labute approximate surface area is 174 Å². The second-order valence-corrected chi connectivity index (χ2v) is 7.32. The second kappa shape index (κ2) is 8.84. The van der Waals surface area contributed by atoms with Crippen LogP contribution in [0, 0.1) is 5.92 Å². The summed E-state index contributed by atoms with van der Waals surface area (Å²) in [6, 6.07) is 14.7. The van der Waals surface area contributed by atoms with Gasteiger partial charge in [-0.1, -0.05) is 30.3 Å². The Kier molecular flexibility index (Phi) is 5.81. The normalized spacial score (nSPS) is 18.0. The highest BCUT2D eigenvalue weighted by molar-refractivity contribution is 6.06. The number of aliphatic hydroxyl groups excluding tert-OH is 1. The first-order valence-corrected chi connectivity index (χ1v) is 9.86. The molecule has 1 aromatic carbocycles. The lowest BCUT2D eigenvalue weighted by atomic mass is 10.1. The Morgan fingerprint density at radius 2 is 1.83 bits per heavy atom. The third-order valence-corrected chi connectivity index (χ3v) is 5.20. The summed E-state index contributed by atoms with van der Waals surface area (Å²) in [7, 11) is 0. The van der Waals surface area contributed by atoms with Crippen LogP contribution in [0.25, 0.3) is 11.1 Å². The van der Waals surface area contributed by atoms with E-state index in [2.05, 4.69) is 20.6 Å². The molecule has 0 spiro atoms. The molecule has 0 radical (unpaired) electrons. The number of pyridine rings is 2. The zero-order valence-electron chi connectivity index (χ0n) is 16.3. The summed E-state index contributed by atoms with van der Waals surface area (Å²) in [4.78, 5) is 33.4. The van der Waals surface area contributed by atoms with Crippen molar-refractivity contribution in [1.29, 1.82) is 0 Å². The van der Waals surface area contributed by atoms with Crippen molar-refractivity contribution in [2.24, 2.45) is 5.92 Å². The standard InChI is InChI=1S/C23H22N4O3/c28-18-7-6-16(12-18)23(30)27-21-13-17(8-11-25-21)22(29)26-20-14-24-10-9-19(20)15-4-2-1-3-5-15/h1-5,8-11,13-14,16,18,28H,6-7,12H2,(H,26,29)(H,25,27,30)/t16-,18-/m1/s1. The van der Waals surface area contributed by atoms with Crippen LogP contribution >= 0.6 is 0 Å². The van der Waals surface area contributed by atoms with Gasteiger partial charge in [0.1, 0.15) is 5.82 Å². The average Bonchev–Trinajstić information content (AvgIpc) is 3.21. The third kappa shape index (κ3) is 4.52. The molecular formula is C23H22N4O3. The fourth-order valence-electron chi connectivity index (χ4n) is 3.62. The van der Waals surface area contributed by atoms with E-state index in [0.29, 0.717) is 36.3 Å². The maximum Gasteiger partial charge on any atom is 0.255 e. The molecule has 0 aliphatic heterocycles. The molecule has 2 amide bonds. The van der Waals surface area contributed by atoms with Crippen LogP contribution in [0.3, 0.4) is 0 Å². The highest BCUT2D eigenvalue weighted by atomic mass is 16.3. The molecule has 1 fully saturated rings. The van der Waals surface area contributed by atoms with Gasteiger partial charge in [-0.2, -0.15) is 0 Å². The van der Waals surface area contributed by atoms with Crippen LogP contribution in [0.4, 0.5) is 11.5 Å². The number of carbonyl (C=O) groups excluding carboxylic acids is 2. The number of rotatable bonds is 5. The molecule has 152 valence electrons. The Balaban J connectivity index is 1.49. The van der Waals surface area contributed by atoms with Crippen molar-refractivity contribution in [3.63, 3.8) is 0 Å².